The Bertz CT molecular complexity index is 758. The van der Waals surface area contributed by atoms with Gasteiger partial charge in [-0.3, -0.25) is 4.79 Å². The van der Waals surface area contributed by atoms with E-state index in [9.17, 15) is 13.6 Å². The number of alkyl halides is 2. The Labute approximate surface area is 131 Å². The van der Waals surface area contributed by atoms with E-state index in [-0.39, 0.29) is 29.7 Å². The molecule has 1 N–H and O–H groups in total. The number of aromatic nitrogens is 2. The van der Waals surface area contributed by atoms with Crippen LogP contribution in [-0.4, -0.2) is 15.9 Å². The van der Waals surface area contributed by atoms with Crippen LogP contribution in [0, 0.1) is 0 Å². The Morgan fingerprint density at radius 3 is 2.77 bits per heavy atom. The third kappa shape index (κ3) is 2.93. The topological polar surface area (TPSA) is 45.8 Å². The van der Waals surface area contributed by atoms with Crippen molar-refractivity contribution in [2.24, 2.45) is 0 Å². The van der Waals surface area contributed by atoms with Gasteiger partial charge in [-0.25, -0.2) is 13.8 Å². The van der Waals surface area contributed by atoms with Crippen LogP contribution >= 0.6 is 11.3 Å². The molecule has 0 aromatic carbocycles. The molecule has 2 heterocycles. The standard InChI is InChI=1S/C16H20F2N2OS/c1-15(2,3)11-7-10-13(21)19-12(20-14(10)22-11)9-5-4-6-16(17,18)8-9/h7,9H,4-6,8H2,1-3H3,(H,19,20,21). The van der Waals surface area contributed by atoms with Crippen molar-refractivity contribution >= 4 is 21.6 Å². The van der Waals surface area contributed by atoms with Crippen molar-refractivity contribution < 1.29 is 8.78 Å². The fourth-order valence-electron chi connectivity index (χ4n) is 2.92. The molecule has 120 valence electrons. The Morgan fingerprint density at radius 1 is 1.41 bits per heavy atom. The normalized spacial score (nSPS) is 22.1. The van der Waals surface area contributed by atoms with Crippen LogP contribution in [0.1, 0.15) is 63.1 Å². The van der Waals surface area contributed by atoms with E-state index in [2.05, 4.69) is 30.7 Å². The maximum atomic E-state index is 13.6. The molecule has 1 unspecified atom stereocenters. The number of nitrogens with zero attached hydrogens (tertiary/aromatic N) is 1. The lowest BCUT2D eigenvalue weighted by molar-refractivity contribution is -0.0417. The summed E-state index contributed by atoms with van der Waals surface area (Å²) in [5.41, 5.74) is -0.281. The molecule has 6 heteroatoms. The van der Waals surface area contributed by atoms with E-state index >= 15 is 0 Å². The quantitative estimate of drug-likeness (QED) is 0.834. The van der Waals surface area contributed by atoms with Gasteiger partial charge in [0.2, 0.25) is 5.92 Å². The van der Waals surface area contributed by atoms with Crippen LogP contribution in [-0.2, 0) is 5.41 Å². The van der Waals surface area contributed by atoms with Gasteiger partial charge in [-0.2, -0.15) is 0 Å². The van der Waals surface area contributed by atoms with E-state index < -0.39 is 5.92 Å². The monoisotopic (exact) mass is 326 g/mol. The number of hydrogen-bond donors (Lipinski definition) is 1. The summed E-state index contributed by atoms with van der Waals surface area (Å²) in [7, 11) is 0. The highest BCUT2D eigenvalue weighted by molar-refractivity contribution is 7.18. The molecule has 0 bridgehead atoms. The number of aromatic amines is 1. The van der Waals surface area contributed by atoms with E-state index in [1.807, 2.05) is 6.07 Å². The molecule has 3 nitrogen and oxygen atoms in total. The van der Waals surface area contributed by atoms with E-state index in [4.69, 9.17) is 0 Å². The van der Waals surface area contributed by atoms with Crippen molar-refractivity contribution in [3.63, 3.8) is 0 Å². The van der Waals surface area contributed by atoms with Crippen molar-refractivity contribution in [1.29, 1.82) is 0 Å². The molecule has 0 saturated heterocycles. The van der Waals surface area contributed by atoms with E-state index in [1.165, 1.54) is 11.3 Å². The van der Waals surface area contributed by atoms with Crippen LogP contribution < -0.4 is 5.56 Å². The molecule has 0 spiro atoms. The van der Waals surface area contributed by atoms with E-state index in [0.29, 0.717) is 28.9 Å². The lowest BCUT2D eigenvalue weighted by atomic mass is 9.86. The van der Waals surface area contributed by atoms with E-state index in [0.717, 1.165) is 4.88 Å². The first kappa shape index (κ1) is 15.6. The van der Waals surface area contributed by atoms with Crippen molar-refractivity contribution in [2.75, 3.05) is 0 Å². The molecule has 2 aromatic rings. The summed E-state index contributed by atoms with van der Waals surface area (Å²) < 4.78 is 27.2. The van der Waals surface area contributed by atoms with Crippen LogP contribution in [0.3, 0.4) is 0 Å². The molecular weight excluding hydrogens is 306 g/mol. The number of nitrogens with one attached hydrogen (secondary N) is 1. The highest BCUT2D eigenvalue weighted by Crippen LogP contribution is 2.41. The Hall–Kier alpha value is -1.30. The molecule has 22 heavy (non-hydrogen) atoms. The molecule has 0 radical (unpaired) electrons. The Kier molecular flexibility index (Phi) is 3.62. The molecule has 0 amide bonds. The highest BCUT2D eigenvalue weighted by Gasteiger charge is 2.38. The minimum Gasteiger partial charge on any atom is -0.310 e. The maximum absolute atomic E-state index is 13.6. The molecule has 1 aliphatic rings. The number of rotatable bonds is 1. The minimum absolute atomic E-state index is 0.0597. The van der Waals surface area contributed by atoms with Crippen molar-refractivity contribution in [2.45, 2.75) is 63.7 Å². The van der Waals surface area contributed by atoms with Crippen molar-refractivity contribution in [3.8, 4) is 0 Å². The predicted molar refractivity (Wildman–Crippen MR) is 85.1 cm³/mol. The smallest absolute Gasteiger partial charge is 0.259 e. The van der Waals surface area contributed by atoms with Gasteiger partial charge in [0.05, 0.1) is 5.39 Å². The molecule has 1 fully saturated rings. The lowest BCUT2D eigenvalue weighted by Crippen LogP contribution is -2.27. The van der Waals surface area contributed by atoms with Gasteiger partial charge in [-0.15, -0.1) is 11.3 Å². The zero-order valence-electron chi connectivity index (χ0n) is 13.0. The molecule has 0 aliphatic heterocycles. The fourth-order valence-corrected chi connectivity index (χ4v) is 4.01. The average Bonchev–Trinajstić information content (AvgIpc) is 2.82. The first-order valence-corrected chi connectivity index (χ1v) is 8.39. The van der Waals surface area contributed by atoms with Crippen LogP contribution in [0.5, 0.6) is 0 Å². The zero-order valence-corrected chi connectivity index (χ0v) is 13.8. The van der Waals surface area contributed by atoms with Crippen LogP contribution in [0.25, 0.3) is 10.2 Å². The summed E-state index contributed by atoms with van der Waals surface area (Å²) in [6.07, 6.45) is 0.834. The largest absolute Gasteiger partial charge is 0.310 e. The molecular formula is C16H20F2N2OS. The first-order chi connectivity index (χ1) is 10.2. The molecule has 1 saturated carbocycles. The van der Waals surface area contributed by atoms with Gasteiger partial charge < -0.3 is 4.98 Å². The van der Waals surface area contributed by atoms with Crippen LogP contribution in [0.2, 0.25) is 0 Å². The molecule has 3 rings (SSSR count). The van der Waals surface area contributed by atoms with Crippen LogP contribution in [0.4, 0.5) is 8.78 Å². The average molecular weight is 326 g/mol. The third-order valence-electron chi connectivity index (χ3n) is 4.19. The summed E-state index contributed by atoms with van der Waals surface area (Å²) in [5, 5.41) is 0.557. The number of thiophene rings is 1. The maximum Gasteiger partial charge on any atom is 0.259 e. The van der Waals surface area contributed by atoms with Gasteiger partial charge in [0.25, 0.3) is 5.56 Å². The lowest BCUT2D eigenvalue weighted by Gasteiger charge is -2.28. The van der Waals surface area contributed by atoms with Gasteiger partial charge in [-0.1, -0.05) is 20.8 Å². The van der Waals surface area contributed by atoms with Gasteiger partial charge in [0.1, 0.15) is 10.7 Å². The summed E-state index contributed by atoms with van der Waals surface area (Å²) in [5.74, 6) is -2.59. The second-order valence-electron chi connectivity index (χ2n) is 7.18. The highest BCUT2D eigenvalue weighted by atomic mass is 32.1. The molecule has 2 aromatic heterocycles. The Balaban J connectivity index is 2.04. The number of hydrogen-bond acceptors (Lipinski definition) is 3. The third-order valence-corrected chi connectivity index (χ3v) is 5.64. The van der Waals surface area contributed by atoms with Gasteiger partial charge in [0, 0.05) is 23.6 Å². The number of fused-ring (bicyclic) bond motifs is 1. The van der Waals surface area contributed by atoms with E-state index in [1.54, 1.807) is 0 Å². The van der Waals surface area contributed by atoms with Gasteiger partial charge >= 0.3 is 0 Å². The molecule has 1 aliphatic carbocycles. The molecule has 1 atom stereocenters. The van der Waals surface area contributed by atoms with Crippen LogP contribution in [0.15, 0.2) is 10.9 Å². The SMILES string of the molecule is CC(C)(C)c1cc2c(=O)[nH]c(C3CCCC(F)(F)C3)nc2s1. The second kappa shape index (κ2) is 5.11. The van der Waals surface area contributed by atoms with Crippen molar-refractivity contribution in [3.05, 3.63) is 27.1 Å². The zero-order chi connectivity index (χ0) is 16.1. The second-order valence-corrected chi connectivity index (χ2v) is 8.21. The predicted octanol–water partition coefficient (Wildman–Crippen LogP) is 4.58. The summed E-state index contributed by atoms with van der Waals surface area (Å²) >= 11 is 1.48. The number of halogens is 2. The minimum atomic E-state index is -2.65. The van der Waals surface area contributed by atoms with Crippen molar-refractivity contribution in [1.82, 2.24) is 9.97 Å². The first-order valence-electron chi connectivity index (χ1n) is 7.58. The summed E-state index contributed by atoms with van der Waals surface area (Å²) in [6, 6.07) is 1.87. The van der Waals surface area contributed by atoms with Gasteiger partial charge in [-0.05, 0) is 24.3 Å². The Morgan fingerprint density at radius 2 is 2.14 bits per heavy atom. The summed E-state index contributed by atoms with van der Waals surface area (Å²) in [6.45, 7) is 6.23. The number of H-pyrrole nitrogens is 1. The fraction of sp³-hybridized carbons (Fsp3) is 0.625. The summed E-state index contributed by atoms with van der Waals surface area (Å²) in [4.78, 5) is 21.2. The van der Waals surface area contributed by atoms with Gasteiger partial charge in [0.15, 0.2) is 0 Å².